The minimum Gasteiger partial charge on any atom is -0.399 e. The Labute approximate surface area is 101 Å². The summed E-state index contributed by atoms with van der Waals surface area (Å²) in [6, 6.07) is 3.35. The molecule has 1 aromatic rings. The van der Waals surface area contributed by atoms with Crippen molar-refractivity contribution in [2.24, 2.45) is 0 Å². The molecule has 0 fully saturated rings. The topological polar surface area (TPSA) is 69.4 Å². The van der Waals surface area contributed by atoms with E-state index in [1.54, 1.807) is 7.11 Å². The highest BCUT2D eigenvalue weighted by atomic mass is 32.2. The number of nitrogen functional groups attached to an aromatic ring is 1. The van der Waals surface area contributed by atoms with Crippen LogP contribution in [0.5, 0.6) is 0 Å². The average molecular weight is 261 g/mol. The highest BCUT2D eigenvalue weighted by Gasteiger charge is 2.15. The van der Waals surface area contributed by atoms with E-state index in [1.807, 2.05) is 0 Å². The van der Waals surface area contributed by atoms with Gasteiger partial charge < -0.3 is 10.5 Å². The van der Waals surface area contributed by atoms with Crippen LogP contribution in [0.3, 0.4) is 0 Å². The predicted molar refractivity (Wildman–Crippen MR) is 64.0 cm³/mol. The van der Waals surface area contributed by atoms with Crippen LogP contribution in [-0.4, -0.2) is 27.9 Å². The first-order valence-electron chi connectivity index (χ1n) is 5.23. The summed E-state index contributed by atoms with van der Waals surface area (Å²) in [6.07, 6.45) is 1.13. The van der Waals surface area contributed by atoms with Gasteiger partial charge in [0.2, 0.25) is 0 Å². The molecule has 6 heteroatoms. The van der Waals surface area contributed by atoms with Gasteiger partial charge in [0.25, 0.3) is 0 Å². The van der Waals surface area contributed by atoms with Crippen molar-refractivity contribution < 1.29 is 17.5 Å². The number of hydrogen-bond donors (Lipinski definition) is 1. The molecule has 0 saturated heterocycles. The van der Waals surface area contributed by atoms with Crippen molar-refractivity contribution in [1.82, 2.24) is 0 Å². The number of benzene rings is 1. The highest BCUT2D eigenvalue weighted by molar-refractivity contribution is 7.91. The lowest BCUT2D eigenvalue weighted by atomic mass is 10.3. The summed E-state index contributed by atoms with van der Waals surface area (Å²) >= 11 is 0. The zero-order chi connectivity index (χ0) is 12.9. The minimum absolute atomic E-state index is 0.0285. The maximum Gasteiger partial charge on any atom is 0.178 e. The second-order valence-corrected chi connectivity index (χ2v) is 5.85. The van der Waals surface area contributed by atoms with Crippen molar-refractivity contribution in [2.45, 2.75) is 17.7 Å². The van der Waals surface area contributed by atoms with Gasteiger partial charge in [-0.1, -0.05) is 0 Å². The summed E-state index contributed by atoms with van der Waals surface area (Å²) in [7, 11) is -1.90. The standard InChI is InChI=1S/C11H16FNO3S/c1-16-4-2-3-5-17(14,15)11-7-9(12)6-10(13)8-11/h6-8H,2-5,13H2,1H3. The van der Waals surface area contributed by atoms with Crippen molar-refractivity contribution in [2.75, 3.05) is 25.2 Å². The molecule has 0 bridgehead atoms. The monoisotopic (exact) mass is 261 g/mol. The first-order valence-corrected chi connectivity index (χ1v) is 6.89. The summed E-state index contributed by atoms with van der Waals surface area (Å²) in [5.74, 6) is -0.667. The van der Waals surface area contributed by atoms with Gasteiger partial charge in [-0.25, -0.2) is 12.8 Å². The van der Waals surface area contributed by atoms with Gasteiger partial charge in [-0.2, -0.15) is 0 Å². The van der Waals surface area contributed by atoms with Gasteiger partial charge in [0.1, 0.15) is 5.82 Å². The fraction of sp³-hybridized carbons (Fsp3) is 0.455. The lowest BCUT2D eigenvalue weighted by molar-refractivity contribution is 0.194. The molecule has 0 aliphatic carbocycles. The van der Waals surface area contributed by atoms with E-state index in [-0.39, 0.29) is 16.3 Å². The summed E-state index contributed by atoms with van der Waals surface area (Å²) in [5, 5.41) is 0. The molecule has 0 amide bonds. The van der Waals surface area contributed by atoms with Gasteiger partial charge in [0.15, 0.2) is 9.84 Å². The molecule has 0 aromatic heterocycles. The van der Waals surface area contributed by atoms with E-state index >= 15 is 0 Å². The molecule has 0 saturated carbocycles. The average Bonchev–Trinajstić information content (AvgIpc) is 2.23. The Balaban J connectivity index is 2.75. The van der Waals surface area contributed by atoms with Gasteiger partial charge in [-0.05, 0) is 31.0 Å². The zero-order valence-corrected chi connectivity index (χ0v) is 10.5. The van der Waals surface area contributed by atoms with Crippen molar-refractivity contribution in [3.63, 3.8) is 0 Å². The number of rotatable bonds is 6. The molecule has 1 rings (SSSR count). The molecular formula is C11H16FNO3S. The highest BCUT2D eigenvalue weighted by Crippen LogP contribution is 2.18. The van der Waals surface area contributed by atoms with Gasteiger partial charge in [0, 0.05) is 19.4 Å². The Bertz CT molecular complexity index is 453. The third-order valence-electron chi connectivity index (χ3n) is 2.26. The molecule has 1 aromatic carbocycles. The maximum atomic E-state index is 13.0. The minimum atomic E-state index is -3.46. The fourth-order valence-electron chi connectivity index (χ4n) is 1.42. The number of hydrogen-bond acceptors (Lipinski definition) is 4. The molecule has 0 aliphatic heterocycles. The molecule has 2 N–H and O–H groups in total. The molecule has 0 radical (unpaired) electrons. The van der Waals surface area contributed by atoms with Crippen molar-refractivity contribution >= 4 is 15.5 Å². The number of ether oxygens (including phenoxy) is 1. The maximum absolute atomic E-state index is 13.0. The Morgan fingerprint density at radius 1 is 1.29 bits per heavy atom. The smallest absolute Gasteiger partial charge is 0.178 e. The third-order valence-corrected chi connectivity index (χ3v) is 4.04. The first kappa shape index (κ1) is 13.9. The Kier molecular flexibility index (Phi) is 4.89. The number of methoxy groups -OCH3 is 1. The van der Waals surface area contributed by atoms with Crippen LogP contribution >= 0.6 is 0 Å². The first-order chi connectivity index (χ1) is 7.95. The van der Waals surface area contributed by atoms with Crippen LogP contribution in [0.1, 0.15) is 12.8 Å². The van der Waals surface area contributed by atoms with E-state index in [0.29, 0.717) is 19.4 Å². The van der Waals surface area contributed by atoms with Crippen LogP contribution in [0.2, 0.25) is 0 Å². The molecule has 96 valence electrons. The molecule has 0 spiro atoms. The van der Waals surface area contributed by atoms with Crippen LogP contribution in [0, 0.1) is 5.82 Å². The number of halogens is 1. The number of anilines is 1. The van der Waals surface area contributed by atoms with Crippen molar-refractivity contribution in [3.05, 3.63) is 24.0 Å². The summed E-state index contributed by atoms with van der Waals surface area (Å²) < 4.78 is 41.5. The van der Waals surface area contributed by atoms with Crippen LogP contribution in [0.4, 0.5) is 10.1 Å². The normalized spacial score (nSPS) is 11.6. The fourth-order valence-corrected chi connectivity index (χ4v) is 2.85. The molecule has 0 aliphatic rings. The lowest BCUT2D eigenvalue weighted by Crippen LogP contribution is -2.08. The van der Waals surface area contributed by atoms with Crippen LogP contribution in [0.25, 0.3) is 0 Å². The van der Waals surface area contributed by atoms with Crippen LogP contribution < -0.4 is 5.73 Å². The van der Waals surface area contributed by atoms with Gasteiger partial charge in [0.05, 0.1) is 10.6 Å². The zero-order valence-electron chi connectivity index (χ0n) is 9.65. The Morgan fingerprint density at radius 3 is 2.59 bits per heavy atom. The lowest BCUT2D eigenvalue weighted by Gasteiger charge is -2.05. The number of unbranched alkanes of at least 4 members (excludes halogenated alkanes) is 1. The number of nitrogens with two attached hydrogens (primary N) is 1. The van der Waals surface area contributed by atoms with Crippen LogP contribution in [-0.2, 0) is 14.6 Å². The van der Waals surface area contributed by atoms with Crippen molar-refractivity contribution in [3.8, 4) is 0 Å². The van der Waals surface area contributed by atoms with Crippen molar-refractivity contribution in [1.29, 1.82) is 0 Å². The van der Waals surface area contributed by atoms with E-state index in [0.717, 1.165) is 12.1 Å². The second kappa shape index (κ2) is 5.97. The van der Waals surface area contributed by atoms with Gasteiger partial charge in [-0.15, -0.1) is 0 Å². The van der Waals surface area contributed by atoms with E-state index in [9.17, 15) is 12.8 Å². The summed E-state index contributed by atoms with van der Waals surface area (Å²) in [5.41, 5.74) is 5.52. The molecule has 0 atom stereocenters. The number of sulfone groups is 1. The summed E-state index contributed by atoms with van der Waals surface area (Å²) in [4.78, 5) is -0.0626. The van der Waals surface area contributed by atoms with Gasteiger partial charge in [-0.3, -0.25) is 0 Å². The van der Waals surface area contributed by atoms with E-state index in [2.05, 4.69) is 0 Å². The molecule has 0 unspecified atom stereocenters. The Hall–Kier alpha value is -1.14. The molecule has 0 heterocycles. The molecular weight excluding hydrogens is 245 g/mol. The van der Waals surface area contributed by atoms with E-state index < -0.39 is 15.7 Å². The Morgan fingerprint density at radius 2 is 2.00 bits per heavy atom. The third kappa shape index (κ3) is 4.32. The quantitative estimate of drug-likeness (QED) is 0.624. The summed E-state index contributed by atoms with van der Waals surface area (Å²) in [6.45, 7) is 0.515. The predicted octanol–water partition coefficient (Wildman–Crippen LogP) is 1.61. The van der Waals surface area contributed by atoms with Gasteiger partial charge >= 0.3 is 0 Å². The molecule has 17 heavy (non-hydrogen) atoms. The van der Waals surface area contributed by atoms with E-state index in [1.165, 1.54) is 6.07 Å². The van der Waals surface area contributed by atoms with E-state index in [4.69, 9.17) is 10.5 Å². The van der Waals surface area contributed by atoms with Crippen LogP contribution in [0.15, 0.2) is 23.1 Å². The molecule has 4 nitrogen and oxygen atoms in total. The second-order valence-electron chi connectivity index (χ2n) is 3.74. The largest absolute Gasteiger partial charge is 0.399 e. The SMILES string of the molecule is COCCCCS(=O)(=O)c1cc(N)cc(F)c1.